The molecule has 2 unspecified atom stereocenters. The molecule has 0 saturated carbocycles. The molecule has 2 atom stereocenters. The molecule has 164 valence electrons. The van der Waals surface area contributed by atoms with Crippen LogP contribution in [0.3, 0.4) is 0 Å². The first-order valence-corrected chi connectivity index (χ1v) is 11.9. The molecule has 0 aliphatic carbocycles. The highest BCUT2D eigenvalue weighted by molar-refractivity contribution is 7.13. The van der Waals surface area contributed by atoms with E-state index in [0.717, 1.165) is 49.0 Å². The van der Waals surface area contributed by atoms with Crippen molar-refractivity contribution in [2.45, 2.75) is 51.9 Å². The Labute approximate surface area is 188 Å². The van der Waals surface area contributed by atoms with Crippen molar-refractivity contribution < 1.29 is 4.42 Å². The molecule has 6 nitrogen and oxygen atoms in total. The molecule has 0 spiro atoms. The van der Waals surface area contributed by atoms with Gasteiger partial charge in [-0.1, -0.05) is 36.4 Å². The van der Waals surface area contributed by atoms with Crippen LogP contribution in [0.25, 0.3) is 10.8 Å². The molecule has 1 saturated heterocycles. The second kappa shape index (κ2) is 10.6. The van der Waals surface area contributed by atoms with Crippen LogP contribution in [-0.2, 0) is 13.1 Å². The minimum absolute atomic E-state index is 0.416. The minimum atomic E-state index is 0.416. The van der Waals surface area contributed by atoms with E-state index in [4.69, 9.17) is 9.41 Å². The lowest BCUT2D eigenvalue weighted by Crippen LogP contribution is -2.51. The number of nitrogens with one attached hydrogen (secondary N) is 2. The third kappa shape index (κ3) is 5.95. The second-order valence-electron chi connectivity index (χ2n) is 7.99. The van der Waals surface area contributed by atoms with Gasteiger partial charge in [-0.15, -0.1) is 11.3 Å². The van der Waals surface area contributed by atoms with Gasteiger partial charge in [0.15, 0.2) is 5.96 Å². The van der Waals surface area contributed by atoms with E-state index in [2.05, 4.69) is 64.7 Å². The lowest BCUT2D eigenvalue weighted by molar-refractivity contribution is 0.134. The van der Waals surface area contributed by atoms with Gasteiger partial charge >= 0.3 is 0 Å². The van der Waals surface area contributed by atoms with E-state index in [9.17, 15) is 0 Å². The third-order valence-corrected chi connectivity index (χ3v) is 6.47. The van der Waals surface area contributed by atoms with Crippen LogP contribution >= 0.6 is 11.3 Å². The zero-order valence-electron chi connectivity index (χ0n) is 18.3. The molecule has 0 amide bonds. The molecule has 0 radical (unpaired) electrons. The third-order valence-electron chi connectivity index (χ3n) is 5.61. The number of nitrogens with zero attached hydrogens (tertiary/aromatic N) is 3. The maximum atomic E-state index is 5.61. The largest absolute Gasteiger partial charge is 0.443 e. The number of piperidine rings is 1. The monoisotopic (exact) mass is 437 g/mol. The number of rotatable bonds is 7. The number of hydrogen-bond acceptors (Lipinski definition) is 5. The molecule has 31 heavy (non-hydrogen) atoms. The summed E-state index contributed by atoms with van der Waals surface area (Å²) in [5.41, 5.74) is 2.22. The van der Waals surface area contributed by atoms with Crippen molar-refractivity contribution in [3.63, 3.8) is 0 Å². The number of aromatic nitrogens is 1. The van der Waals surface area contributed by atoms with Crippen molar-refractivity contribution in [1.82, 2.24) is 20.5 Å². The number of oxazole rings is 1. The smallest absolute Gasteiger partial charge is 0.236 e. The molecule has 1 aliphatic heterocycles. The van der Waals surface area contributed by atoms with E-state index in [1.54, 1.807) is 17.6 Å². The zero-order chi connectivity index (χ0) is 21.5. The normalized spacial score (nSPS) is 20.0. The zero-order valence-corrected chi connectivity index (χ0v) is 19.1. The van der Waals surface area contributed by atoms with E-state index in [1.807, 2.05) is 17.5 Å². The van der Waals surface area contributed by atoms with Crippen LogP contribution in [0.1, 0.15) is 37.9 Å². The average Bonchev–Trinajstić information content (AvgIpc) is 3.47. The Hall–Kier alpha value is -2.64. The predicted molar refractivity (Wildman–Crippen MR) is 127 cm³/mol. The van der Waals surface area contributed by atoms with E-state index in [0.29, 0.717) is 24.5 Å². The van der Waals surface area contributed by atoms with E-state index in [1.165, 1.54) is 5.56 Å². The number of hydrogen-bond donors (Lipinski definition) is 2. The van der Waals surface area contributed by atoms with Crippen molar-refractivity contribution in [1.29, 1.82) is 0 Å². The SMILES string of the molecule is CCNC(=NCc1coc(-c2cccs2)n1)NC1CCN(Cc2ccccc2)C(C)C1. The lowest BCUT2D eigenvalue weighted by Gasteiger charge is -2.38. The Morgan fingerprint density at radius 2 is 2.13 bits per heavy atom. The van der Waals surface area contributed by atoms with Gasteiger partial charge in [0.1, 0.15) is 12.0 Å². The van der Waals surface area contributed by atoms with Crippen LogP contribution < -0.4 is 10.6 Å². The fourth-order valence-corrected chi connectivity index (χ4v) is 4.63. The molecule has 1 aromatic carbocycles. The summed E-state index contributed by atoms with van der Waals surface area (Å²) in [5.74, 6) is 1.51. The Morgan fingerprint density at radius 3 is 2.87 bits per heavy atom. The number of thiophene rings is 1. The summed E-state index contributed by atoms with van der Waals surface area (Å²) in [7, 11) is 0. The maximum Gasteiger partial charge on any atom is 0.236 e. The molecular formula is C24H31N5OS. The van der Waals surface area contributed by atoms with Crippen molar-refractivity contribution >= 4 is 17.3 Å². The first-order chi connectivity index (χ1) is 15.2. The van der Waals surface area contributed by atoms with Crippen LogP contribution in [0.4, 0.5) is 0 Å². The summed E-state index contributed by atoms with van der Waals surface area (Å²) >= 11 is 1.63. The van der Waals surface area contributed by atoms with Gasteiger partial charge in [0.05, 0.1) is 11.4 Å². The number of benzene rings is 1. The van der Waals surface area contributed by atoms with Gasteiger partial charge in [-0.2, -0.15) is 0 Å². The van der Waals surface area contributed by atoms with E-state index in [-0.39, 0.29) is 0 Å². The second-order valence-corrected chi connectivity index (χ2v) is 8.93. The first-order valence-electron chi connectivity index (χ1n) is 11.0. The molecule has 0 bridgehead atoms. The highest BCUT2D eigenvalue weighted by Gasteiger charge is 2.26. The van der Waals surface area contributed by atoms with E-state index < -0.39 is 0 Å². The fourth-order valence-electron chi connectivity index (χ4n) is 3.97. The average molecular weight is 438 g/mol. The highest BCUT2D eigenvalue weighted by atomic mass is 32.1. The molecule has 7 heteroatoms. The fraction of sp³-hybridized carbons (Fsp3) is 0.417. The number of aliphatic imine (C=N–C) groups is 1. The highest BCUT2D eigenvalue weighted by Crippen LogP contribution is 2.24. The van der Waals surface area contributed by atoms with Gasteiger partial charge in [0.25, 0.3) is 0 Å². The molecular weight excluding hydrogens is 406 g/mol. The quantitative estimate of drug-likeness (QED) is 0.420. The summed E-state index contributed by atoms with van der Waals surface area (Å²) in [6.07, 6.45) is 3.91. The molecule has 3 aromatic rings. The van der Waals surface area contributed by atoms with Crippen molar-refractivity contribution in [3.8, 4) is 10.8 Å². The molecule has 4 rings (SSSR count). The minimum Gasteiger partial charge on any atom is -0.443 e. The summed E-state index contributed by atoms with van der Waals surface area (Å²) in [4.78, 5) is 12.9. The Balaban J connectivity index is 1.32. The van der Waals surface area contributed by atoms with Crippen molar-refractivity contribution in [2.24, 2.45) is 4.99 Å². The lowest BCUT2D eigenvalue weighted by atomic mass is 9.97. The molecule has 1 fully saturated rings. The van der Waals surface area contributed by atoms with Gasteiger partial charge in [-0.3, -0.25) is 4.90 Å². The van der Waals surface area contributed by atoms with Crippen molar-refractivity contribution in [2.75, 3.05) is 13.1 Å². The Morgan fingerprint density at radius 1 is 1.26 bits per heavy atom. The van der Waals surface area contributed by atoms with Crippen LogP contribution in [-0.4, -0.2) is 41.0 Å². The maximum absolute atomic E-state index is 5.61. The molecule has 1 aliphatic rings. The van der Waals surface area contributed by atoms with Crippen LogP contribution in [0.2, 0.25) is 0 Å². The number of likely N-dealkylation sites (tertiary alicyclic amines) is 1. The Kier molecular flexibility index (Phi) is 7.38. The molecule has 2 N–H and O–H groups in total. The summed E-state index contributed by atoms with van der Waals surface area (Å²) < 4.78 is 5.61. The molecule has 3 heterocycles. The predicted octanol–water partition coefficient (Wildman–Crippen LogP) is 4.51. The Bertz CT molecular complexity index is 954. The van der Waals surface area contributed by atoms with Crippen LogP contribution in [0.15, 0.2) is 63.5 Å². The summed E-state index contributed by atoms with van der Waals surface area (Å²) in [5, 5.41) is 9.03. The standard InChI is InChI=1S/C24H31N5OS/c1-3-25-24(26-15-21-17-30-23(27-21)22-10-7-13-31-22)28-20-11-12-29(18(2)14-20)16-19-8-5-4-6-9-19/h4-10,13,17-18,20H,3,11-12,14-16H2,1-2H3,(H2,25,26,28). The first kappa shape index (κ1) is 21.6. The van der Waals surface area contributed by atoms with Gasteiger partial charge in [-0.05, 0) is 43.7 Å². The van der Waals surface area contributed by atoms with Gasteiger partial charge in [-0.25, -0.2) is 9.98 Å². The molecule has 2 aromatic heterocycles. The summed E-state index contributed by atoms with van der Waals surface area (Å²) in [6, 6.07) is 15.7. The van der Waals surface area contributed by atoms with Gasteiger partial charge in [0, 0.05) is 31.7 Å². The summed E-state index contributed by atoms with van der Waals surface area (Å²) in [6.45, 7) is 7.83. The topological polar surface area (TPSA) is 65.7 Å². The van der Waals surface area contributed by atoms with Gasteiger partial charge < -0.3 is 15.1 Å². The van der Waals surface area contributed by atoms with Crippen LogP contribution in [0, 0.1) is 0 Å². The van der Waals surface area contributed by atoms with Crippen LogP contribution in [0.5, 0.6) is 0 Å². The van der Waals surface area contributed by atoms with Gasteiger partial charge in [0.2, 0.25) is 5.89 Å². The van der Waals surface area contributed by atoms with Crippen molar-refractivity contribution in [3.05, 3.63) is 65.4 Å². The number of guanidine groups is 1. The van der Waals surface area contributed by atoms with E-state index >= 15 is 0 Å².